The summed E-state index contributed by atoms with van der Waals surface area (Å²) in [5.74, 6) is -0.0560. The zero-order valence-electron chi connectivity index (χ0n) is 14.0. The fraction of sp³-hybridized carbons (Fsp3) is 0.588. The van der Waals surface area contributed by atoms with Gasteiger partial charge in [-0.3, -0.25) is 9.10 Å². The molecule has 1 amide bonds. The average molecular weight is 352 g/mol. The highest BCUT2D eigenvalue weighted by Gasteiger charge is 2.26. The van der Waals surface area contributed by atoms with Gasteiger partial charge in [0.25, 0.3) is 5.91 Å². The molecule has 7 heteroatoms. The Morgan fingerprint density at radius 2 is 2.21 bits per heavy atom. The Morgan fingerprint density at radius 3 is 2.92 bits per heavy atom. The highest BCUT2D eigenvalue weighted by molar-refractivity contribution is 7.92. The van der Waals surface area contributed by atoms with Gasteiger partial charge in [-0.2, -0.15) is 0 Å². The summed E-state index contributed by atoms with van der Waals surface area (Å²) in [5, 5.41) is 2.90. The second-order valence-electron chi connectivity index (χ2n) is 6.26. The van der Waals surface area contributed by atoms with Gasteiger partial charge in [-0.15, -0.1) is 0 Å². The minimum atomic E-state index is -3.27. The zero-order valence-corrected chi connectivity index (χ0v) is 14.8. The zero-order chi connectivity index (χ0) is 17.2. The number of rotatable bonds is 5. The molecule has 1 aromatic carbocycles. The van der Waals surface area contributed by atoms with Gasteiger partial charge in [-0.25, -0.2) is 8.42 Å². The molecule has 0 aliphatic carbocycles. The van der Waals surface area contributed by atoms with E-state index in [2.05, 4.69) is 5.32 Å². The maximum Gasteiger partial charge on any atom is 0.251 e. The van der Waals surface area contributed by atoms with E-state index in [-0.39, 0.29) is 17.8 Å². The van der Waals surface area contributed by atoms with Crippen molar-refractivity contribution in [3.63, 3.8) is 0 Å². The number of sulfonamides is 1. The Bertz CT molecular complexity index is 711. The number of fused-ring (bicyclic) bond motifs is 1. The predicted octanol–water partition coefficient (Wildman–Crippen LogP) is 1.70. The summed E-state index contributed by atoms with van der Waals surface area (Å²) in [6, 6.07) is 5.27. The van der Waals surface area contributed by atoms with E-state index >= 15 is 0 Å². The minimum Gasteiger partial charge on any atom is -0.376 e. The van der Waals surface area contributed by atoms with Crippen molar-refractivity contribution in [2.45, 2.75) is 38.7 Å². The number of nitrogens with one attached hydrogen (secondary N) is 1. The molecule has 2 aliphatic heterocycles. The minimum absolute atomic E-state index is 0.0794. The number of aryl methyl sites for hydroxylation is 1. The molecule has 1 atom stereocenters. The molecule has 3 rings (SSSR count). The van der Waals surface area contributed by atoms with Crippen molar-refractivity contribution in [2.24, 2.45) is 0 Å². The van der Waals surface area contributed by atoms with Crippen LogP contribution in [0.3, 0.4) is 0 Å². The van der Waals surface area contributed by atoms with Crippen LogP contribution in [0.5, 0.6) is 0 Å². The van der Waals surface area contributed by atoms with E-state index in [4.69, 9.17) is 4.74 Å². The van der Waals surface area contributed by atoms with Gasteiger partial charge in [0.1, 0.15) is 0 Å². The van der Waals surface area contributed by atoms with E-state index in [1.807, 2.05) is 6.07 Å². The van der Waals surface area contributed by atoms with E-state index in [1.165, 1.54) is 4.31 Å². The second kappa shape index (κ2) is 7.11. The lowest BCUT2D eigenvalue weighted by Gasteiger charge is -2.30. The van der Waals surface area contributed by atoms with Gasteiger partial charge in [0.15, 0.2) is 0 Å². The van der Waals surface area contributed by atoms with Crippen LogP contribution in [0.4, 0.5) is 5.69 Å². The number of hydrogen-bond acceptors (Lipinski definition) is 4. The van der Waals surface area contributed by atoms with Gasteiger partial charge in [0.2, 0.25) is 10.0 Å². The van der Waals surface area contributed by atoms with E-state index < -0.39 is 10.0 Å². The van der Waals surface area contributed by atoms with Crippen molar-refractivity contribution < 1.29 is 17.9 Å². The maximum atomic E-state index is 12.3. The Balaban J connectivity index is 1.74. The average Bonchev–Trinajstić information content (AvgIpc) is 3.12. The van der Waals surface area contributed by atoms with Crippen LogP contribution in [-0.4, -0.2) is 45.9 Å². The van der Waals surface area contributed by atoms with Crippen LogP contribution in [0.15, 0.2) is 18.2 Å². The fourth-order valence-corrected chi connectivity index (χ4v) is 4.46. The maximum absolute atomic E-state index is 12.3. The van der Waals surface area contributed by atoms with Crippen LogP contribution in [0.25, 0.3) is 0 Å². The molecule has 0 spiro atoms. The van der Waals surface area contributed by atoms with Crippen LogP contribution < -0.4 is 9.62 Å². The molecule has 1 aromatic rings. The molecule has 6 nitrogen and oxygen atoms in total. The summed E-state index contributed by atoms with van der Waals surface area (Å²) in [6.07, 6.45) is 3.69. The molecule has 0 radical (unpaired) electrons. The topological polar surface area (TPSA) is 75.7 Å². The van der Waals surface area contributed by atoms with E-state index in [0.717, 1.165) is 37.9 Å². The first-order valence-electron chi connectivity index (χ1n) is 8.54. The third kappa shape index (κ3) is 3.57. The van der Waals surface area contributed by atoms with Gasteiger partial charge in [-0.1, -0.05) is 0 Å². The third-order valence-electron chi connectivity index (χ3n) is 4.63. The molecule has 2 aliphatic rings. The molecule has 1 fully saturated rings. The fourth-order valence-electron chi connectivity index (χ4n) is 3.26. The molecule has 0 aromatic heterocycles. The first kappa shape index (κ1) is 17.2. The lowest BCUT2D eigenvalue weighted by atomic mass is 10.0. The second-order valence-corrected chi connectivity index (χ2v) is 8.45. The molecule has 1 N–H and O–H groups in total. The van der Waals surface area contributed by atoms with Crippen LogP contribution in [0.1, 0.15) is 42.1 Å². The first-order chi connectivity index (χ1) is 11.5. The molecule has 0 saturated carbocycles. The summed E-state index contributed by atoms with van der Waals surface area (Å²) in [4.78, 5) is 12.3. The number of ether oxygens (including phenoxy) is 1. The molecule has 0 bridgehead atoms. The Hall–Kier alpha value is -1.60. The standard InChI is InChI=1S/C17H24N2O4S/c1-2-24(21,22)19-9-3-5-13-11-14(7-8-16(13)19)17(20)18-12-15-6-4-10-23-15/h7-8,11,15H,2-6,9-10,12H2,1H3,(H,18,20). The van der Waals surface area contributed by atoms with Crippen molar-refractivity contribution in [3.05, 3.63) is 29.3 Å². The summed E-state index contributed by atoms with van der Waals surface area (Å²) in [5.41, 5.74) is 2.20. The quantitative estimate of drug-likeness (QED) is 0.875. The Morgan fingerprint density at radius 1 is 1.38 bits per heavy atom. The number of amides is 1. The molecule has 2 heterocycles. The van der Waals surface area contributed by atoms with Crippen LogP contribution >= 0.6 is 0 Å². The van der Waals surface area contributed by atoms with E-state index in [0.29, 0.717) is 24.3 Å². The number of nitrogens with zero attached hydrogens (tertiary/aromatic N) is 1. The smallest absolute Gasteiger partial charge is 0.251 e. The van der Waals surface area contributed by atoms with Crippen molar-refractivity contribution in [3.8, 4) is 0 Å². The van der Waals surface area contributed by atoms with Crippen molar-refractivity contribution in [1.29, 1.82) is 0 Å². The van der Waals surface area contributed by atoms with Gasteiger partial charge >= 0.3 is 0 Å². The van der Waals surface area contributed by atoms with Gasteiger partial charge < -0.3 is 10.1 Å². The predicted molar refractivity (Wildman–Crippen MR) is 92.9 cm³/mol. The van der Waals surface area contributed by atoms with E-state index in [1.54, 1.807) is 19.1 Å². The van der Waals surface area contributed by atoms with Crippen molar-refractivity contribution in [1.82, 2.24) is 5.32 Å². The summed E-state index contributed by atoms with van der Waals surface area (Å²) >= 11 is 0. The van der Waals surface area contributed by atoms with Crippen LogP contribution in [0.2, 0.25) is 0 Å². The van der Waals surface area contributed by atoms with E-state index in [9.17, 15) is 13.2 Å². The summed E-state index contributed by atoms with van der Waals surface area (Å²) in [6.45, 7) is 3.44. The molecule has 24 heavy (non-hydrogen) atoms. The van der Waals surface area contributed by atoms with Crippen LogP contribution in [-0.2, 0) is 21.2 Å². The first-order valence-corrected chi connectivity index (χ1v) is 10.2. The van der Waals surface area contributed by atoms with Crippen LogP contribution in [0, 0.1) is 0 Å². The molecule has 132 valence electrons. The largest absolute Gasteiger partial charge is 0.376 e. The SMILES string of the molecule is CCS(=O)(=O)N1CCCc2cc(C(=O)NCC3CCCO3)ccc21. The normalized spacial score (nSPS) is 20.7. The molecule has 1 unspecified atom stereocenters. The van der Waals surface area contributed by atoms with Gasteiger partial charge in [0.05, 0.1) is 17.5 Å². The number of hydrogen-bond donors (Lipinski definition) is 1. The number of carbonyl (C=O) groups excluding carboxylic acids is 1. The highest BCUT2D eigenvalue weighted by Crippen LogP contribution is 2.30. The lowest BCUT2D eigenvalue weighted by molar-refractivity contribution is 0.0857. The molecular formula is C17H24N2O4S. The van der Waals surface area contributed by atoms with Gasteiger partial charge in [-0.05, 0) is 56.4 Å². The number of anilines is 1. The molecule has 1 saturated heterocycles. The molecular weight excluding hydrogens is 328 g/mol. The Kier molecular flexibility index (Phi) is 5.10. The summed E-state index contributed by atoms with van der Waals surface area (Å²) < 4.78 is 31.4. The highest BCUT2D eigenvalue weighted by atomic mass is 32.2. The van der Waals surface area contributed by atoms with Crippen molar-refractivity contribution >= 4 is 21.6 Å². The van der Waals surface area contributed by atoms with Crippen molar-refractivity contribution in [2.75, 3.05) is 29.8 Å². The number of carbonyl (C=O) groups is 1. The lowest BCUT2D eigenvalue weighted by Crippen LogP contribution is -2.37. The Labute approximate surface area is 143 Å². The number of benzene rings is 1. The third-order valence-corrected chi connectivity index (χ3v) is 6.41. The monoisotopic (exact) mass is 352 g/mol. The van der Waals surface area contributed by atoms with Gasteiger partial charge in [0, 0.05) is 25.3 Å². The summed E-state index contributed by atoms with van der Waals surface area (Å²) in [7, 11) is -3.27.